The van der Waals surface area contributed by atoms with Crippen molar-refractivity contribution in [2.24, 2.45) is 0 Å². The second kappa shape index (κ2) is 9.83. The average molecular weight is 466 g/mol. The lowest BCUT2D eigenvalue weighted by molar-refractivity contribution is -0.138. The summed E-state index contributed by atoms with van der Waals surface area (Å²) in [5.74, 6) is 1.16. The van der Waals surface area contributed by atoms with Gasteiger partial charge in [0.15, 0.2) is 6.10 Å². The Hall–Kier alpha value is -3.71. The Morgan fingerprint density at radius 3 is 2.55 bits per heavy atom. The number of hydrogen-bond acceptors (Lipinski definition) is 4. The van der Waals surface area contributed by atoms with Crippen molar-refractivity contribution in [3.63, 3.8) is 0 Å². The second-order valence-electron chi connectivity index (χ2n) is 7.71. The van der Waals surface area contributed by atoms with Gasteiger partial charge in [-0.25, -0.2) is 4.79 Å². The van der Waals surface area contributed by atoms with Gasteiger partial charge in [0, 0.05) is 41.1 Å². The number of urea groups is 1. The molecular formula is C25H24ClN3O4. The summed E-state index contributed by atoms with van der Waals surface area (Å²) >= 11 is 5.98. The van der Waals surface area contributed by atoms with Gasteiger partial charge in [-0.15, -0.1) is 0 Å². The van der Waals surface area contributed by atoms with Crippen LogP contribution in [-0.4, -0.2) is 30.1 Å². The summed E-state index contributed by atoms with van der Waals surface area (Å²) in [6.45, 7) is 2.52. The first-order valence-corrected chi connectivity index (χ1v) is 10.8. The first-order chi connectivity index (χ1) is 15.9. The molecule has 1 atom stereocenters. The molecule has 0 unspecified atom stereocenters. The minimum atomic E-state index is -0.617. The maximum absolute atomic E-state index is 12.9. The molecule has 0 aliphatic carbocycles. The standard InChI is InChI=1S/C25H24ClN3O4/c1-16-24(30)29(14-17-6-8-19(26)9-7-17)15-18-12-21(10-11-23(18)33-16)28-25(31)27-20-4-3-5-22(13-20)32-2/h3-13,16H,14-15H2,1-2H3,(H2,27,28,31)/t16-/m0/s1. The Bertz CT molecular complexity index is 1170. The van der Waals surface area contributed by atoms with Gasteiger partial charge in [0.25, 0.3) is 5.91 Å². The molecule has 0 radical (unpaired) electrons. The Balaban J connectivity index is 1.49. The molecule has 0 saturated heterocycles. The zero-order valence-corrected chi connectivity index (χ0v) is 19.1. The number of ether oxygens (including phenoxy) is 2. The van der Waals surface area contributed by atoms with E-state index in [4.69, 9.17) is 21.1 Å². The predicted octanol–water partition coefficient (Wildman–Crippen LogP) is 5.30. The largest absolute Gasteiger partial charge is 0.497 e. The lowest BCUT2D eigenvalue weighted by atomic mass is 10.1. The molecule has 33 heavy (non-hydrogen) atoms. The van der Waals surface area contributed by atoms with Crippen molar-refractivity contribution in [2.75, 3.05) is 17.7 Å². The van der Waals surface area contributed by atoms with Crippen LogP contribution in [0.3, 0.4) is 0 Å². The van der Waals surface area contributed by atoms with E-state index < -0.39 is 6.10 Å². The number of nitrogens with one attached hydrogen (secondary N) is 2. The number of anilines is 2. The summed E-state index contributed by atoms with van der Waals surface area (Å²) in [6.07, 6.45) is -0.617. The van der Waals surface area contributed by atoms with Crippen molar-refractivity contribution in [1.82, 2.24) is 4.90 Å². The van der Waals surface area contributed by atoms with Crippen molar-refractivity contribution in [3.05, 3.63) is 82.9 Å². The fourth-order valence-electron chi connectivity index (χ4n) is 3.62. The topological polar surface area (TPSA) is 79.9 Å². The third-order valence-electron chi connectivity index (χ3n) is 5.26. The van der Waals surface area contributed by atoms with Crippen LogP contribution in [0.4, 0.5) is 16.2 Å². The van der Waals surface area contributed by atoms with Crippen molar-refractivity contribution < 1.29 is 19.1 Å². The number of halogens is 1. The first kappa shape index (κ1) is 22.5. The van der Waals surface area contributed by atoms with E-state index in [0.717, 1.165) is 11.1 Å². The summed E-state index contributed by atoms with van der Waals surface area (Å²) < 4.78 is 11.1. The number of amides is 3. The highest BCUT2D eigenvalue weighted by Gasteiger charge is 2.28. The number of methoxy groups -OCH3 is 1. The summed E-state index contributed by atoms with van der Waals surface area (Å²) in [5.41, 5.74) is 2.97. The Labute approximate surface area is 197 Å². The van der Waals surface area contributed by atoms with Crippen LogP contribution in [0.25, 0.3) is 0 Å². The van der Waals surface area contributed by atoms with Gasteiger partial charge >= 0.3 is 6.03 Å². The fraction of sp³-hybridized carbons (Fsp3) is 0.200. The van der Waals surface area contributed by atoms with E-state index in [0.29, 0.717) is 41.0 Å². The average Bonchev–Trinajstić information content (AvgIpc) is 2.91. The molecule has 7 nitrogen and oxygen atoms in total. The molecule has 0 bridgehead atoms. The predicted molar refractivity (Wildman–Crippen MR) is 128 cm³/mol. The Morgan fingerprint density at radius 2 is 1.82 bits per heavy atom. The number of carbonyl (C=O) groups excluding carboxylic acids is 2. The molecule has 1 heterocycles. The SMILES string of the molecule is COc1cccc(NC(=O)Nc2ccc3c(c2)CN(Cc2ccc(Cl)cc2)C(=O)[C@H](C)O3)c1. The van der Waals surface area contributed by atoms with Crippen LogP contribution in [0.15, 0.2) is 66.7 Å². The van der Waals surface area contributed by atoms with Crippen molar-refractivity contribution in [1.29, 1.82) is 0 Å². The molecule has 1 aliphatic heterocycles. The third-order valence-corrected chi connectivity index (χ3v) is 5.51. The van der Waals surface area contributed by atoms with Gasteiger partial charge in [-0.05, 0) is 55.0 Å². The molecule has 1 aliphatic rings. The monoisotopic (exact) mass is 465 g/mol. The van der Waals surface area contributed by atoms with Gasteiger partial charge in [-0.1, -0.05) is 29.8 Å². The van der Waals surface area contributed by atoms with Crippen LogP contribution in [0, 0.1) is 0 Å². The fourth-order valence-corrected chi connectivity index (χ4v) is 3.74. The second-order valence-corrected chi connectivity index (χ2v) is 8.15. The molecule has 3 aromatic rings. The Morgan fingerprint density at radius 1 is 1.09 bits per heavy atom. The number of fused-ring (bicyclic) bond motifs is 1. The maximum atomic E-state index is 12.9. The maximum Gasteiger partial charge on any atom is 0.323 e. The zero-order chi connectivity index (χ0) is 23.4. The quantitative estimate of drug-likeness (QED) is 0.535. The lowest BCUT2D eigenvalue weighted by Gasteiger charge is -2.22. The van der Waals surface area contributed by atoms with Crippen LogP contribution in [0.1, 0.15) is 18.1 Å². The van der Waals surface area contributed by atoms with Crippen LogP contribution >= 0.6 is 11.6 Å². The van der Waals surface area contributed by atoms with E-state index in [2.05, 4.69) is 10.6 Å². The highest BCUT2D eigenvalue weighted by molar-refractivity contribution is 6.30. The molecule has 0 spiro atoms. The van der Waals surface area contributed by atoms with Gasteiger partial charge < -0.3 is 25.0 Å². The summed E-state index contributed by atoms with van der Waals surface area (Å²) in [4.78, 5) is 27.1. The number of hydrogen-bond donors (Lipinski definition) is 2. The highest BCUT2D eigenvalue weighted by atomic mass is 35.5. The van der Waals surface area contributed by atoms with E-state index in [1.807, 2.05) is 18.2 Å². The summed E-state index contributed by atoms with van der Waals surface area (Å²) in [7, 11) is 1.57. The molecule has 3 aromatic carbocycles. The summed E-state index contributed by atoms with van der Waals surface area (Å²) in [5, 5.41) is 6.25. The molecule has 0 aromatic heterocycles. The number of benzene rings is 3. The van der Waals surface area contributed by atoms with Crippen molar-refractivity contribution in [2.45, 2.75) is 26.1 Å². The van der Waals surface area contributed by atoms with E-state index in [1.54, 1.807) is 67.5 Å². The lowest BCUT2D eigenvalue weighted by Crippen LogP contribution is -2.37. The number of carbonyl (C=O) groups is 2. The minimum absolute atomic E-state index is 0.105. The van der Waals surface area contributed by atoms with Crippen LogP contribution in [0.2, 0.25) is 5.02 Å². The van der Waals surface area contributed by atoms with Gasteiger partial charge in [-0.2, -0.15) is 0 Å². The Kier molecular flexibility index (Phi) is 6.70. The van der Waals surface area contributed by atoms with Crippen molar-refractivity contribution >= 4 is 34.9 Å². The molecule has 0 fully saturated rings. The molecule has 2 N–H and O–H groups in total. The smallest absolute Gasteiger partial charge is 0.323 e. The van der Waals surface area contributed by atoms with Crippen LogP contribution in [-0.2, 0) is 17.9 Å². The van der Waals surface area contributed by atoms with Crippen LogP contribution < -0.4 is 20.1 Å². The summed E-state index contributed by atoms with van der Waals surface area (Å²) in [6, 6.07) is 19.4. The van der Waals surface area contributed by atoms with Gasteiger partial charge in [0.05, 0.1) is 7.11 Å². The van der Waals surface area contributed by atoms with Gasteiger partial charge in [-0.3, -0.25) is 4.79 Å². The van der Waals surface area contributed by atoms with E-state index >= 15 is 0 Å². The van der Waals surface area contributed by atoms with Gasteiger partial charge in [0.2, 0.25) is 0 Å². The number of rotatable bonds is 5. The minimum Gasteiger partial charge on any atom is -0.497 e. The molecular weight excluding hydrogens is 442 g/mol. The first-order valence-electron chi connectivity index (χ1n) is 10.5. The normalized spacial score (nSPS) is 15.2. The number of nitrogens with zero attached hydrogens (tertiary/aromatic N) is 1. The molecule has 8 heteroatoms. The van der Waals surface area contributed by atoms with E-state index in [1.165, 1.54) is 0 Å². The molecule has 170 valence electrons. The molecule has 0 saturated carbocycles. The van der Waals surface area contributed by atoms with Crippen LogP contribution in [0.5, 0.6) is 11.5 Å². The third kappa shape index (κ3) is 5.56. The van der Waals surface area contributed by atoms with Crippen molar-refractivity contribution in [3.8, 4) is 11.5 Å². The van der Waals surface area contributed by atoms with Gasteiger partial charge in [0.1, 0.15) is 11.5 Å². The zero-order valence-electron chi connectivity index (χ0n) is 18.3. The molecule has 3 amide bonds. The van der Waals surface area contributed by atoms with E-state index in [9.17, 15) is 9.59 Å². The van der Waals surface area contributed by atoms with E-state index in [-0.39, 0.29) is 11.9 Å². The molecule has 4 rings (SSSR count). The highest BCUT2D eigenvalue weighted by Crippen LogP contribution is 2.29.